The van der Waals surface area contributed by atoms with Gasteiger partial charge < -0.3 is 4.74 Å². The number of halogens is 2. The molecule has 184 valence electrons. The number of benzene rings is 3. The molecule has 1 aliphatic heterocycles. The molecule has 3 aromatic rings. The van der Waals surface area contributed by atoms with Gasteiger partial charge >= 0.3 is 0 Å². The van der Waals surface area contributed by atoms with Gasteiger partial charge in [-0.25, -0.2) is 0 Å². The second-order valence-electron chi connectivity index (χ2n) is 10.6. The van der Waals surface area contributed by atoms with Crippen LogP contribution in [0.1, 0.15) is 31.4 Å². The summed E-state index contributed by atoms with van der Waals surface area (Å²) >= 11 is 7.49. The molecule has 4 nitrogen and oxygen atoms in total. The number of hydrogen-bond acceptors (Lipinski definition) is 3. The Labute approximate surface area is 228 Å². The molecule has 6 heteroatoms. The van der Waals surface area contributed by atoms with E-state index in [1.54, 1.807) is 12.1 Å². The molecule has 2 aliphatic carbocycles. The fourth-order valence-corrected chi connectivity index (χ4v) is 8.24. The van der Waals surface area contributed by atoms with E-state index in [2.05, 4.69) is 82.1 Å². The van der Waals surface area contributed by atoms with Crippen molar-refractivity contribution in [2.24, 2.45) is 23.7 Å². The second kappa shape index (κ2) is 8.84. The summed E-state index contributed by atoms with van der Waals surface area (Å²) in [4.78, 5) is 28.4. The largest absolute Gasteiger partial charge is 0.457 e. The smallest absolute Gasteiger partial charge is 0.238 e. The predicted octanol–water partition coefficient (Wildman–Crippen LogP) is 7.09. The van der Waals surface area contributed by atoms with E-state index in [9.17, 15) is 9.59 Å². The van der Waals surface area contributed by atoms with Gasteiger partial charge in [-0.05, 0) is 65.8 Å². The van der Waals surface area contributed by atoms with Crippen LogP contribution < -0.4 is 9.64 Å². The van der Waals surface area contributed by atoms with Crippen molar-refractivity contribution in [3.05, 3.63) is 90.0 Å². The maximum absolute atomic E-state index is 13.3. The zero-order valence-electron chi connectivity index (χ0n) is 20.1. The third kappa shape index (κ3) is 3.67. The number of carbonyl (C=O) groups is 2. The molecular weight excluding hydrogens is 582 g/mol. The van der Waals surface area contributed by atoms with Crippen LogP contribution in [0.3, 0.4) is 0 Å². The molecule has 0 radical (unpaired) electrons. The van der Waals surface area contributed by atoms with Crippen LogP contribution in [0, 0.1) is 23.7 Å². The first-order valence-electron chi connectivity index (χ1n) is 12.4. The van der Waals surface area contributed by atoms with E-state index in [0.717, 1.165) is 12.2 Å². The number of carbonyl (C=O) groups excluding carboxylic acids is 2. The molecule has 3 aliphatic rings. The first-order chi connectivity index (χ1) is 17.3. The van der Waals surface area contributed by atoms with Crippen molar-refractivity contribution in [2.75, 3.05) is 4.90 Å². The molecule has 6 atom stereocenters. The van der Waals surface area contributed by atoms with Crippen molar-refractivity contribution in [1.29, 1.82) is 0 Å². The van der Waals surface area contributed by atoms with Gasteiger partial charge in [0.2, 0.25) is 11.8 Å². The quantitative estimate of drug-likeness (QED) is 0.229. The number of nitrogens with zero attached hydrogens (tertiary/aromatic N) is 1. The van der Waals surface area contributed by atoms with Crippen LogP contribution in [0.25, 0.3) is 0 Å². The van der Waals surface area contributed by atoms with E-state index in [0.29, 0.717) is 11.4 Å². The van der Waals surface area contributed by atoms with Gasteiger partial charge in [0.15, 0.2) is 0 Å². The first-order valence-corrected chi connectivity index (χ1v) is 14.2. The lowest BCUT2D eigenvalue weighted by Gasteiger charge is -2.28. The van der Waals surface area contributed by atoms with Gasteiger partial charge in [-0.3, -0.25) is 14.5 Å². The van der Waals surface area contributed by atoms with Gasteiger partial charge in [0.05, 0.1) is 17.5 Å². The molecule has 0 spiro atoms. The summed E-state index contributed by atoms with van der Waals surface area (Å²) in [6.07, 6.45) is 0.931. The molecule has 0 unspecified atom stereocenters. The highest BCUT2D eigenvalue weighted by atomic mass is 79.9. The Morgan fingerprint density at radius 1 is 0.722 bits per heavy atom. The minimum Gasteiger partial charge on any atom is -0.457 e. The molecule has 2 saturated carbocycles. The van der Waals surface area contributed by atoms with E-state index in [-0.39, 0.29) is 50.6 Å². The topological polar surface area (TPSA) is 46.6 Å². The van der Waals surface area contributed by atoms with Crippen LogP contribution in [0.4, 0.5) is 5.69 Å². The normalized spacial score (nSPS) is 29.1. The SMILES string of the molecule is CC(C)(c1ccccc1)c1ccc(Oc2ccc(N3C(=O)[C@H]4[C@@H]5C[C@@H]([C@@H](Br)[C@@H]5Br)[C@@H]4C3=O)cc2)cc1. The predicted molar refractivity (Wildman–Crippen MR) is 148 cm³/mol. The number of anilines is 1. The third-order valence-electron chi connectivity index (χ3n) is 8.39. The Morgan fingerprint density at radius 2 is 1.19 bits per heavy atom. The molecular formula is C30H27Br2NO3. The van der Waals surface area contributed by atoms with Gasteiger partial charge in [0, 0.05) is 15.1 Å². The maximum atomic E-state index is 13.3. The zero-order chi connectivity index (χ0) is 25.2. The Balaban J connectivity index is 1.17. The molecule has 36 heavy (non-hydrogen) atoms. The highest BCUT2D eigenvalue weighted by Gasteiger charge is 2.66. The van der Waals surface area contributed by atoms with Crippen molar-refractivity contribution >= 4 is 49.4 Å². The molecule has 3 aromatic carbocycles. The second-order valence-corrected chi connectivity index (χ2v) is 12.7. The molecule has 1 saturated heterocycles. The van der Waals surface area contributed by atoms with Gasteiger partial charge in [-0.2, -0.15) is 0 Å². The fraction of sp³-hybridized carbons (Fsp3) is 0.333. The van der Waals surface area contributed by atoms with Crippen molar-refractivity contribution in [3.8, 4) is 11.5 Å². The third-order valence-corrected chi connectivity index (χ3v) is 11.6. The van der Waals surface area contributed by atoms with Gasteiger partial charge in [-0.1, -0.05) is 88.2 Å². The Hall–Kier alpha value is -2.44. The average molecular weight is 609 g/mol. The molecule has 0 aromatic heterocycles. The van der Waals surface area contributed by atoms with Crippen LogP contribution in [-0.2, 0) is 15.0 Å². The van der Waals surface area contributed by atoms with E-state index >= 15 is 0 Å². The van der Waals surface area contributed by atoms with Crippen molar-refractivity contribution in [2.45, 2.75) is 35.3 Å². The summed E-state index contributed by atoms with van der Waals surface area (Å²) < 4.78 is 6.07. The Morgan fingerprint density at radius 3 is 1.72 bits per heavy atom. The number of fused-ring (bicyclic) bond motifs is 5. The summed E-state index contributed by atoms with van der Waals surface area (Å²) in [5.41, 5.74) is 2.97. The minimum atomic E-state index is -0.213. The molecule has 0 N–H and O–H groups in total. The standard InChI is InChI=1S/C30H27Br2NO3/c1-30(2,17-6-4-3-5-7-17)18-8-12-20(13-9-18)36-21-14-10-19(11-15-21)33-28(34)24-22-16-23(25(24)29(33)35)27(32)26(22)31/h3-15,22-27H,16H2,1-2H3/t22-,23+,24-,25-,26+,27+/m0/s1. The summed E-state index contributed by atoms with van der Waals surface area (Å²) in [5.74, 6) is 1.27. The summed E-state index contributed by atoms with van der Waals surface area (Å²) in [7, 11) is 0. The van der Waals surface area contributed by atoms with Gasteiger partial charge in [-0.15, -0.1) is 0 Å². The van der Waals surface area contributed by atoms with Crippen LogP contribution in [-0.4, -0.2) is 21.5 Å². The van der Waals surface area contributed by atoms with Crippen LogP contribution >= 0.6 is 31.9 Å². The van der Waals surface area contributed by atoms with Crippen molar-refractivity contribution < 1.29 is 14.3 Å². The lowest BCUT2D eigenvalue weighted by atomic mass is 9.78. The number of amides is 2. The molecule has 2 bridgehead atoms. The number of alkyl halides is 2. The summed E-state index contributed by atoms with van der Waals surface area (Å²) in [6, 6.07) is 25.9. The number of imide groups is 1. The Kier molecular flexibility index (Phi) is 5.88. The van der Waals surface area contributed by atoms with E-state index in [1.807, 2.05) is 30.3 Å². The van der Waals surface area contributed by atoms with Gasteiger partial charge in [0.25, 0.3) is 0 Å². The fourth-order valence-electron chi connectivity index (χ4n) is 6.36. The van der Waals surface area contributed by atoms with Crippen LogP contribution in [0.5, 0.6) is 11.5 Å². The minimum absolute atomic E-state index is 0.0633. The Bertz CT molecular complexity index is 1270. The average Bonchev–Trinajstić information content (AvgIpc) is 3.50. The lowest BCUT2D eigenvalue weighted by Crippen LogP contribution is -2.37. The zero-order valence-corrected chi connectivity index (χ0v) is 23.3. The van der Waals surface area contributed by atoms with Gasteiger partial charge in [0.1, 0.15) is 11.5 Å². The highest BCUT2D eigenvalue weighted by Crippen LogP contribution is 2.60. The van der Waals surface area contributed by atoms with E-state index in [4.69, 9.17) is 4.74 Å². The van der Waals surface area contributed by atoms with Crippen molar-refractivity contribution in [3.63, 3.8) is 0 Å². The maximum Gasteiger partial charge on any atom is 0.238 e. The van der Waals surface area contributed by atoms with Crippen molar-refractivity contribution in [1.82, 2.24) is 0 Å². The molecule has 2 amide bonds. The molecule has 6 rings (SSSR count). The van der Waals surface area contributed by atoms with Crippen LogP contribution in [0.2, 0.25) is 0 Å². The highest BCUT2D eigenvalue weighted by molar-refractivity contribution is 9.12. The first kappa shape index (κ1) is 23.9. The lowest BCUT2D eigenvalue weighted by molar-refractivity contribution is -0.123. The number of ether oxygens (including phenoxy) is 1. The summed E-state index contributed by atoms with van der Waals surface area (Å²) in [6.45, 7) is 4.43. The van der Waals surface area contributed by atoms with Crippen LogP contribution in [0.15, 0.2) is 78.9 Å². The number of hydrogen-bond donors (Lipinski definition) is 0. The molecule has 3 fully saturated rings. The number of rotatable bonds is 5. The molecule has 1 heterocycles. The van der Waals surface area contributed by atoms with E-state index < -0.39 is 0 Å². The monoisotopic (exact) mass is 607 g/mol. The summed E-state index contributed by atoms with van der Waals surface area (Å²) in [5, 5.41) is 0. The van der Waals surface area contributed by atoms with E-state index in [1.165, 1.54) is 16.0 Å².